The lowest BCUT2D eigenvalue weighted by Crippen LogP contribution is -2.39. The number of ether oxygens (including phenoxy) is 1. The zero-order chi connectivity index (χ0) is 16.1. The van der Waals surface area contributed by atoms with Gasteiger partial charge in [0.1, 0.15) is 5.75 Å². The van der Waals surface area contributed by atoms with Gasteiger partial charge in [0.05, 0.1) is 19.3 Å². The second kappa shape index (κ2) is 7.49. The predicted molar refractivity (Wildman–Crippen MR) is 86.0 cm³/mol. The molecule has 5 heteroatoms. The number of aryl methyl sites for hydroxylation is 1. The van der Waals surface area contributed by atoms with E-state index in [1.807, 2.05) is 32.0 Å². The van der Waals surface area contributed by atoms with Crippen LogP contribution in [0.15, 0.2) is 18.2 Å². The monoisotopic (exact) mass is 306 g/mol. The largest absolute Gasteiger partial charge is 0.496 e. The van der Waals surface area contributed by atoms with E-state index in [1.165, 1.54) is 0 Å². The van der Waals surface area contributed by atoms with Crippen molar-refractivity contribution in [1.82, 2.24) is 10.6 Å². The number of rotatable bonds is 5. The molecule has 5 nitrogen and oxygen atoms in total. The number of nitrogens with one attached hydrogen (secondary N) is 2. The van der Waals surface area contributed by atoms with E-state index in [1.54, 1.807) is 7.11 Å². The van der Waals surface area contributed by atoms with Gasteiger partial charge in [-0.1, -0.05) is 17.7 Å². The third-order valence-corrected chi connectivity index (χ3v) is 4.26. The maximum atomic E-state index is 12.0. The lowest BCUT2D eigenvalue weighted by atomic mass is 10.0. The summed E-state index contributed by atoms with van der Waals surface area (Å²) in [6.45, 7) is 4.57. The quantitative estimate of drug-likeness (QED) is 0.783. The van der Waals surface area contributed by atoms with E-state index in [-0.39, 0.29) is 18.2 Å². The lowest BCUT2D eigenvalue weighted by Gasteiger charge is -2.19. The number of urea groups is 1. The zero-order valence-corrected chi connectivity index (χ0v) is 13.6. The van der Waals surface area contributed by atoms with Gasteiger partial charge in [-0.05, 0) is 45.1 Å². The third kappa shape index (κ3) is 4.37. The van der Waals surface area contributed by atoms with Gasteiger partial charge in [0.25, 0.3) is 0 Å². The normalized spacial score (nSPS) is 22.2. The van der Waals surface area contributed by atoms with Crippen LogP contribution in [0.2, 0.25) is 0 Å². The zero-order valence-electron chi connectivity index (χ0n) is 13.6. The lowest BCUT2D eigenvalue weighted by molar-refractivity contribution is 0.177. The molecular formula is C17H26N2O3. The molecule has 122 valence electrons. The van der Waals surface area contributed by atoms with Crippen LogP contribution in [-0.2, 0) is 0 Å². The van der Waals surface area contributed by atoms with Gasteiger partial charge >= 0.3 is 6.03 Å². The first-order chi connectivity index (χ1) is 10.5. The van der Waals surface area contributed by atoms with Crippen molar-refractivity contribution in [1.29, 1.82) is 0 Å². The average molecular weight is 306 g/mol. The second-order valence-corrected chi connectivity index (χ2v) is 6.15. The predicted octanol–water partition coefficient (Wildman–Crippen LogP) is 2.52. The Balaban J connectivity index is 1.87. The highest BCUT2D eigenvalue weighted by Crippen LogP contribution is 2.26. The first-order valence-corrected chi connectivity index (χ1v) is 7.86. The fourth-order valence-corrected chi connectivity index (χ4v) is 2.99. The van der Waals surface area contributed by atoms with Gasteiger partial charge in [0.2, 0.25) is 0 Å². The maximum Gasteiger partial charge on any atom is 0.315 e. The Hall–Kier alpha value is -1.75. The molecule has 2 amide bonds. The Labute approximate surface area is 132 Å². The summed E-state index contributed by atoms with van der Waals surface area (Å²) in [5, 5.41) is 15.3. The molecule has 2 rings (SSSR count). The van der Waals surface area contributed by atoms with E-state index < -0.39 is 0 Å². The van der Waals surface area contributed by atoms with Gasteiger partial charge < -0.3 is 20.5 Å². The molecule has 0 aromatic heterocycles. The van der Waals surface area contributed by atoms with Crippen molar-refractivity contribution in [2.24, 2.45) is 5.92 Å². The number of aliphatic hydroxyl groups is 1. The summed E-state index contributed by atoms with van der Waals surface area (Å²) in [5.41, 5.74) is 2.10. The molecule has 0 radical (unpaired) electrons. The molecule has 1 aliphatic carbocycles. The van der Waals surface area contributed by atoms with Crippen LogP contribution in [0, 0.1) is 12.8 Å². The second-order valence-electron chi connectivity index (χ2n) is 6.15. The number of methoxy groups -OCH3 is 1. The van der Waals surface area contributed by atoms with Crippen LogP contribution in [0.3, 0.4) is 0 Å². The van der Waals surface area contributed by atoms with Crippen LogP contribution in [0.25, 0.3) is 0 Å². The number of benzene rings is 1. The Morgan fingerprint density at radius 1 is 1.45 bits per heavy atom. The number of aliphatic hydroxyl groups excluding tert-OH is 1. The van der Waals surface area contributed by atoms with Crippen molar-refractivity contribution in [3.05, 3.63) is 29.3 Å². The molecule has 3 unspecified atom stereocenters. The van der Waals surface area contributed by atoms with Gasteiger partial charge in [0.15, 0.2) is 0 Å². The van der Waals surface area contributed by atoms with E-state index in [0.717, 1.165) is 36.1 Å². The molecule has 22 heavy (non-hydrogen) atoms. The fourth-order valence-electron chi connectivity index (χ4n) is 2.99. The Kier molecular flexibility index (Phi) is 5.66. The van der Waals surface area contributed by atoms with Crippen LogP contribution in [0.4, 0.5) is 4.79 Å². The van der Waals surface area contributed by atoms with Crippen molar-refractivity contribution in [3.63, 3.8) is 0 Å². The van der Waals surface area contributed by atoms with E-state index in [0.29, 0.717) is 12.5 Å². The van der Waals surface area contributed by atoms with Crippen molar-refractivity contribution < 1.29 is 14.6 Å². The minimum atomic E-state index is -0.203. The van der Waals surface area contributed by atoms with Gasteiger partial charge in [-0.25, -0.2) is 4.79 Å². The molecular weight excluding hydrogens is 280 g/mol. The van der Waals surface area contributed by atoms with E-state index >= 15 is 0 Å². The van der Waals surface area contributed by atoms with Gasteiger partial charge in [-0.2, -0.15) is 0 Å². The molecule has 0 aliphatic heterocycles. The number of amides is 2. The average Bonchev–Trinajstić information content (AvgIpc) is 2.90. The number of hydrogen-bond donors (Lipinski definition) is 3. The molecule has 0 bridgehead atoms. The molecule has 3 N–H and O–H groups in total. The van der Waals surface area contributed by atoms with Crippen molar-refractivity contribution in [2.45, 2.75) is 45.3 Å². The van der Waals surface area contributed by atoms with E-state index in [9.17, 15) is 9.90 Å². The van der Waals surface area contributed by atoms with Gasteiger partial charge in [-0.15, -0.1) is 0 Å². The van der Waals surface area contributed by atoms with Crippen LogP contribution < -0.4 is 15.4 Å². The minimum absolute atomic E-state index is 0.135. The summed E-state index contributed by atoms with van der Waals surface area (Å²) in [4.78, 5) is 12.0. The fraction of sp³-hybridized carbons (Fsp3) is 0.588. The smallest absolute Gasteiger partial charge is 0.315 e. The number of carbonyl (C=O) groups is 1. The standard InChI is InChI=1S/C17H26N2O3/c1-11-4-7-16(22-3)15(8-11)12(2)19-17(21)18-10-13-5-6-14(20)9-13/h4,7-8,12-14,20H,5-6,9-10H2,1-3H3,(H2,18,19,21). The highest BCUT2D eigenvalue weighted by molar-refractivity contribution is 5.74. The van der Waals surface area contributed by atoms with Gasteiger partial charge in [0, 0.05) is 12.1 Å². The molecule has 1 aliphatic rings. The maximum absolute atomic E-state index is 12.0. The van der Waals surface area contributed by atoms with Crippen molar-refractivity contribution >= 4 is 6.03 Å². The van der Waals surface area contributed by atoms with Crippen LogP contribution in [-0.4, -0.2) is 30.9 Å². The molecule has 0 heterocycles. The summed E-state index contributed by atoms with van der Waals surface area (Å²) >= 11 is 0. The minimum Gasteiger partial charge on any atom is -0.496 e. The Morgan fingerprint density at radius 3 is 2.86 bits per heavy atom. The van der Waals surface area contributed by atoms with Crippen LogP contribution >= 0.6 is 0 Å². The molecule has 1 aromatic carbocycles. The van der Waals surface area contributed by atoms with Crippen LogP contribution in [0.5, 0.6) is 5.75 Å². The number of hydrogen-bond acceptors (Lipinski definition) is 3. The van der Waals surface area contributed by atoms with Crippen molar-refractivity contribution in [3.8, 4) is 5.75 Å². The Bertz CT molecular complexity index is 519. The molecule has 1 fully saturated rings. The summed E-state index contributed by atoms with van der Waals surface area (Å²) in [5.74, 6) is 1.15. The van der Waals surface area contributed by atoms with E-state index in [2.05, 4.69) is 10.6 Å². The highest BCUT2D eigenvalue weighted by Gasteiger charge is 2.23. The van der Waals surface area contributed by atoms with Crippen molar-refractivity contribution in [2.75, 3.05) is 13.7 Å². The Morgan fingerprint density at radius 2 is 2.23 bits per heavy atom. The topological polar surface area (TPSA) is 70.6 Å². The van der Waals surface area contributed by atoms with Crippen LogP contribution in [0.1, 0.15) is 43.4 Å². The molecule has 1 saturated carbocycles. The first-order valence-electron chi connectivity index (χ1n) is 7.86. The summed E-state index contributed by atoms with van der Waals surface area (Å²) in [6.07, 6.45) is 2.39. The summed E-state index contributed by atoms with van der Waals surface area (Å²) in [7, 11) is 1.63. The summed E-state index contributed by atoms with van der Waals surface area (Å²) < 4.78 is 5.36. The third-order valence-electron chi connectivity index (χ3n) is 4.26. The van der Waals surface area contributed by atoms with E-state index in [4.69, 9.17) is 4.74 Å². The summed E-state index contributed by atoms with van der Waals surface area (Å²) in [6, 6.07) is 5.61. The number of carbonyl (C=O) groups excluding carboxylic acids is 1. The molecule has 1 aromatic rings. The SMILES string of the molecule is COc1ccc(C)cc1C(C)NC(=O)NCC1CCC(O)C1. The van der Waals surface area contributed by atoms with Gasteiger partial charge in [-0.3, -0.25) is 0 Å². The molecule has 3 atom stereocenters. The molecule has 0 saturated heterocycles. The first kappa shape index (κ1) is 16.6. The molecule has 0 spiro atoms. The highest BCUT2D eigenvalue weighted by atomic mass is 16.5.